The quantitative estimate of drug-likeness (QED) is 0.890. The summed E-state index contributed by atoms with van der Waals surface area (Å²) in [4.78, 5) is 16.3. The van der Waals surface area contributed by atoms with Crippen molar-refractivity contribution in [2.75, 3.05) is 13.7 Å². The molecule has 0 aliphatic rings. The molecule has 122 valence electrons. The van der Waals surface area contributed by atoms with E-state index in [2.05, 4.69) is 10.3 Å². The van der Waals surface area contributed by atoms with Crippen molar-refractivity contribution < 1.29 is 18.3 Å². The Morgan fingerprint density at radius 2 is 2.00 bits per heavy atom. The molecular formula is C17H18F2N2O2. The number of nitrogens with one attached hydrogen (secondary N) is 1. The highest BCUT2D eigenvalue weighted by molar-refractivity contribution is 5.86. The third-order valence-corrected chi connectivity index (χ3v) is 3.68. The monoisotopic (exact) mass is 320 g/mol. The van der Waals surface area contributed by atoms with E-state index in [4.69, 9.17) is 4.74 Å². The Labute approximate surface area is 133 Å². The summed E-state index contributed by atoms with van der Waals surface area (Å²) in [6.45, 7) is 1.79. The number of aromatic nitrogens is 1. The summed E-state index contributed by atoms with van der Waals surface area (Å²) in [6.07, 6.45) is 1.55. The maximum atomic E-state index is 14.0. The third-order valence-electron chi connectivity index (χ3n) is 3.68. The molecule has 0 radical (unpaired) electrons. The number of hydrogen-bond donors (Lipinski definition) is 1. The number of methoxy groups -OCH3 is 1. The van der Waals surface area contributed by atoms with Gasteiger partial charge in [-0.1, -0.05) is 18.2 Å². The van der Waals surface area contributed by atoms with Gasteiger partial charge in [-0.25, -0.2) is 8.78 Å². The molecular weight excluding hydrogens is 302 g/mol. The summed E-state index contributed by atoms with van der Waals surface area (Å²) in [5, 5.41) is 2.70. The van der Waals surface area contributed by atoms with Gasteiger partial charge in [0.25, 0.3) is 5.91 Å². The number of ether oxygens (including phenoxy) is 1. The van der Waals surface area contributed by atoms with Crippen molar-refractivity contribution in [3.8, 4) is 0 Å². The molecule has 0 unspecified atom stereocenters. The summed E-state index contributed by atoms with van der Waals surface area (Å²) in [7, 11) is 1.35. The van der Waals surface area contributed by atoms with Gasteiger partial charge >= 0.3 is 0 Å². The number of amides is 1. The number of hydrogen-bond acceptors (Lipinski definition) is 3. The maximum Gasteiger partial charge on any atom is 0.256 e. The topological polar surface area (TPSA) is 51.2 Å². The van der Waals surface area contributed by atoms with Gasteiger partial charge in [-0.3, -0.25) is 9.78 Å². The minimum Gasteiger partial charge on any atom is -0.364 e. The van der Waals surface area contributed by atoms with E-state index >= 15 is 0 Å². The first-order valence-corrected chi connectivity index (χ1v) is 7.16. The second kappa shape index (κ2) is 7.28. The molecule has 0 spiro atoms. The molecule has 1 atom stereocenters. The molecule has 0 bridgehead atoms. The molecule has 0 aliphatic carbocycles. The van der Waals surface area contributed by atoms with Crippen LogP contribution < -0.4 is 5.32 Å². The number of benzene rings is 1. The fourth-order valence-corrected chi connectivity index (χ4v) is 2.20. The number of nitrogens with zero attached hydrogens (tertiary/aromatic N) is 1. The first kappa shape index (κ1) is 17.0. The predicted octanol–water partition coefficient (Wildman–Crippen LogP) is 2.58. The highest BCUT2D eigenvalue weighted by Gasteiger charge is 2.37. The molecule has 23 heavy (non-hydrogen) atoms. The lowest BCUT2D eigenvalue weighted by atomic mass is 9.94. The number of carbonyl (C=O) groups excluding carboxylic acids is 1. The van der Waals surface area contributed by atoms with Gasteiger partial charge in [-0.15, -0.1) is 0 Å². The average molecular weight is 320 g/mol. The Bertz CT molecular complexity index is 677. The SMILES string of the molecule is CO[C@@](C)(C(=O)NCCc1ccc(F)cn1)c1ccccc1F. The van der Waals surface area contributed by atoms with E-state index < -0.39 is 23.1 Å². The zero-order chi connectivity index (χ0) is 16.9. The van der Waals surface area contributed by atoms with Gasteiger partial charge in [-0.05, 0) is 25.1 Å². The van der Waals surface area contributed by atoms with Crippen molar-refractivity contribution in [1.82, 2.24) is 10.3 Å². The summed E-state index contributed by atoms with van der Waals surface area (Å²) in [6, 6.07) is 8.84. The first-order chi connectivity index (χ1) is 11.0. The molecule has 0 saturated carbocycles. The van der Waals surface area contributed by atoms with Crippen molar-refractivity contribution in [1.29, 1.82) is 0 Å². The van der Waals surface area contributed by atoms with Crippen LogP contribution in [0.1, 0.15) is 18.2 Å². The molecule has 1 amide bonds. The van der Waals surface area contributed by atoms with Crippen molar-refractivity contribution in [3.05, 3.63) is 65.5 Å². The van der Waals surface area contributed by atoms with E-state index in [1.807, 2.05) is 0 Å². The van der Waals surface area contributed by atoms with Crippen LogP contribution in [0.15, 0.2) is 42.6 Å². The third kappa shape index (κ3) is 3.90. The van der Waals surface area contributed by atoms with Crippen molar-refractivity contribution in [2.45, 2.75) is 18.9 Å². The molecule has 6 heteroatoms. The Balaban J connectivity index is 2.03. The number of carbonyl (C=O) groups is 1. The van der Waals surface area contributed by atoms with Crippen LogP contribution in [0.25, 0.3) is 0 Å². The summed E-state index contributed by atoms with van der Waals surface area (Å²) in [5.74, 6) is -1.37. The molecule has 1 heterocycles. The normalized spacial score (nSPS) is 13.4. The van der Waals surface area contributed by atoms with E-state index in [0.29, 0.717) is 12.1 Å². The van der Waals surface area contributed by atoms with Crippen LogP contribution in [0.3, 0.4) is 0 Å². The fourth-order valence-electron chi connectivity index (χ4n) is 2.20. The smallest absolute Gasteiger partial charge is 0.256 e. The molecule has 2 aromatic rings. The number of rotatable bonds is 6. The van der Waals surface area contributed by atoms with Gasteiger partial charge in [0, 0.05) is 31.3 Å². The standard InChI is InChI=1S/C17H18F2N2O2/c1-17(23-2,14-5-3-4-6-15(14)19)16(22)20-10-9-13-8-7-12(18)11-21-13/h3-8,11H,9-10H2,1-2H3,(H,20,22)/t17-/m1/s1. The van der Waals surface area contributed by atoms with E-state index in [1.54, 1.807) is 18.2 Å². The Hall–Kier alpha value is -2.34. The summed E-state index contributed by atoms with van der Waals surface area (Å²) in [5.41, 5.74) is -0.613. The van der Waals surface area contributed by atoms with Crippen molar-refractivity contribution in [2.24, 2.45) is 0 Å². The highest BCUT2D eigenvalue weighted by Crippen LogP contribution is 2.27. The van der Waals surface area contributed by atoms with E-state index in [0.717, 1.165) is 6.20 Å². The van der Waals surface area contributed by atoms with Gasteiger partial charge in [0.15, 0.2) is 5.60 Å². The summed E-state index contributed by atoms with van der Waals surface area (Å²) < 4.78 is 32.0. The minimum absolute atomic E-state index is 0.167. The lowest BCUT2D eigenvalue weighted by Crippen LogP contribution is -2.45. The van der Waals surface area contributed by atoms with Crippen LogP contribution in [0, 0.1) is 11.6 Å². The molecule has 1 N–H and O–H groups in total. The second-order valence-electron chi connectivity index (χ2n) is 5.19. The maximum absolute atomic E-state index is 14.0. The van der Waals surface area contributed by atoms with Gasteiger partial charge in [-0.2, -0.15) is 0 Å². The molecule has 1 aromatic carbocycles. The second-order valence-corrected chi connectivity index (χ2v) is 5.19. The Kier molecular flexibility index (Phi) is 5.39. The number of halogens is 2. The molecule has 0 fully saturated rings. The lowest BCUT2D eigenvalue weighted by molar-refractivity contribution is -0.142. The molecule has 1 aromatic heterocycles. The molecule has 0 aliphatic heterocycles. The van der Waals surface area contributed by atoms with Crippen molar-refractivity contribution in [3.63, 3.8) is 0 Å². The fraction of sp³-hybridized carbons (Fsp3) is 0.294. The number of pyridine rings is 1. The lowest BCUT2D eigenvalue weighted by Gasteiger charge is -2.27. The van der Waals surface area contributed by atoms with Crippen LogP contribution in [0.2, 0.25) is 0 Å². The van der Waals surface area contributed by atoms with Gasteiger partial charge in [0.1, 0.15) is 11.6 Å². The highest BCUT2D eigenvalue weighted by atomic mass is 19.1. The van der Waals surface area contributed by atoms with Crippen molar-refractivity contribution >= 4 is 5.91 Å². The van der Waals surface area contributed by atoms with E-state index in [9.17, 15) is 13.6 Å². The largest absolute Gasteiger partial charge is 0.364 e. The minimum atomic E-state index is -1.43. The van der Waals surface area contributed by atoms with Crippen LogP contribution in [0.5, 0.6) is 0 Å². The van der Waals surface area contributed by atoms with E-state index in [1.165, 1.54) is 32.2 Å². The summed E-state index contributed by atoms with van der Waals surface area (Å²) >= 11 is 0. The van der Waals surface area contributed by atoms with Gasteiger partial charge in [0.05, 0.1) is 6.20 Å². The Morgan fingerprint density at radius 1 is 1.26 bits per heavy atom. The zero-order valence-corrected chi connectivity index (χ0v) is 13.0. The van der Waals surface area contributed by atoms with E-state index in [-0.39, 0.29) is 12.1 Å². The predicted molar refractivity (Wildman–Crippen MR) is 81.7 cm³/mol. The average Bonchev–Trinajstić information content (AvgIpc) is 2.56. The van der Waals surface area contributed by atoms with Crippen LogP contribution in [-0.4, -0.2) is 24.5 Å². The van der Waals surface area contributed by atoms with Crippen LogP contribution in [0.4, 0.5) is 8.78 Å². The molecule has 0 saturated heterocycles. The van der Waals surface area contributed by atoms with Gasteiger partial charge < -0.3 is 10.1 Å². The first-order valence-electron chi connectivity index (χ1n) is 7.16. The Morgan fingerprint density at radius 3 is 2.61 bits per heavy atom. The zero-order valence-electron chi connectivity index (χ0n) is 13.0. The van der Waals surface area contributed by atoms with Gasteiger partial charge in [0.2, 0.25) is 0 Å². The van der Waals surface area contributed by atoms with Crippen LogP contribution in [-0.2, 0) is 21.6 Å². The molecule has 2 rings (SSSR count). The van der Waals surface area contributed by atoms with Crippen LogP contribution >= 0.6 is 0 Å². The molecule has 4 nitrogen and oxygen atoms in total.